The number of hydrogen-bond donors (Lipinski definition) is 1. The van der Waals surface area contributed by atoms with Crippen LogP contribution in [0.2, 0.25) is 0 Å². The lowest BCUT2D eigenvalue weighted by molar-refractivity contribution is 0.0741. The Morgan fingerprint density at radius 3 is 2.75 bits per heavy atom. The van der Waals surface area contributed by atoms with Crippen LogP contribution in [0.15, 0.2) is 34.9 Å². The first-order valence-corrected chi connectivity index (χ1v) is 6.40. The summed E-state index contributed by atoms with van der Waals surface area (Å²) in [6, 6.07) is 6.28. The Labute approximate surface area is 117 Å². The molecule has 0 aliphatic heterocycles. The van der Waals surface area contributed by atoms with Gasteiger partial charge < -0.3 is 15.1 Å². The molecule has 1 aromatic carbocycles. The van der Waals surface area contributed by atoms with Crippen molar-refractivity contribution in [1.82, 2.24) is 4.90 Å². The van der Waals surface area contributed by atoms with Crippen molar-refractivity contribution in [3.8, 4) is 0 Å². The van der Waals surface area contributed by atoms with Gasteiger partial charge in [-0.3, -0.25) is 4.79 Å². The molecule has 0 radical (unpaired) electrons. The van der Waals surface area contributed by atoms with Crippen molar-refractivity contribution in [2.75, 3.05) is 12.3 Å². The van der Waals surface area contributed by atoms with E-state index in [1.165, 1.54) is 12.1 Å². The first kappa shape index (κ1) is 14.1. The molecule has 0 fully saturated rings. The van der Waals surface area contributed by atoms with E-state index in [0.29, 0.717) is 24.4 Å². The van der Waals surface area contributed by atoms with Gasteiger partial charge in [0.05, 0.1) is 12.8 Å². The number of hydrogen-bond acceptors (Lipinski definition) is 3. The lowest BCUT2D eigenvalue weighted by atomic mass is 10.1. The minimum atomic E-state index is -0.470. The molecule has 0 aliphatic carbocycles. The first-order chi connectivity index (χ1) is 9.52. The number of nitrogen functional groups attached to an aromatic ring is 1. The molecule has 20 heavy (non-hydrogen) atoms. The zero-order chi connectivity index (χ0) is 14.7. The molecule has 0 aliphatic rings. The van der Waals surface area contributed by atoms with Gasteiger partial charge in [-0.2, -0.15) is 0 Å². The summed E-state index contributed by atoms with van der Waals surface area (Å²) >= 11 is 0. The zero-order valence-electron chi connectivity index (χ0n) is 11.5. The van der Waals surface area contributed by atoms with Crippen molar-refractivity contribution < 1.29 is 13.6 Å². The van der Waals surface area contributed by atoms with Crippen molar-refractivity contribution >= 4 is 11.6 Å². The third-order valence-corrected chi connectivity index (χ3v) is 3.23. The van der Waals surface area contributed by atoms with Crippen molar-refractivity contribution in [3.05, 3.63) is 53.2 Å². The minimum Gasteiger partial charge on any atom is -0.467 e. The molecule has 0 spiro atoms. The van der Waals surface area contributed by atoms with E-state index in [9.17, 15) is 9.18 Å². The van der Waals surface area contributed by atoms with Crippen LogP contribution >= 0.6 is 0 Å². The van der Waals surface area contributed by atoms with Gasteiger partial charge >= 0.3 is 0 Å². The Morgan fingerprint density at radius 1 is 1.45 bits per heavy atom. The summed E-state index contributed by atoms with van der Waals surface area (Å²) in [5, 5.41) is 0. The highest BCUT2D eigenvalue weighted by molar-refractivity contribution is 5.95. The highest BCUT2D eigenvalue weighted by Gasteiger charge is 2.18. The summed E-state index contributed by atoms with van der Waals surface area (Å²) in [5.41, 5.74) is 6.59. The third-order valence-electron chi connectivity index (χ3n) is 3.23. The molecule has 0 saturated heterocycles. The van der Waals surface area contributed by atoms with Crippen LogP contribution in [0.25, 0.3) is 0 Å². The van der Waals surface area contributed by atoms with Crippen molar-refractivity contribution in [3.63, 3.8) is 0 Å². The van der Waals surface area contributed by atoms with E-state index in [1.54, 1.807) is 30.2 Å². The molecule has 0 unspecified atom stereocenters. The Kier molecular flexibility index (Phi) is 4.08. The molecule has 1 aromatic heterocycles. The van der Waals surface area contributed by atoms with Crippen LogP contribution in [-0.2, 0) is 6.54 Å². The Bertz CT molecular complexity index is 585. The predicted octanol–water partition coefficient (Wildman–Crippen LogP) is 2.97. The van der Waals surface area contributed by atoms with Crippen LogP contribution in [0, 0.1) is 12.7 Å². The number of carbonyl (C=O) groups excluding carboxylic acids is 1. The van der Waals surface area contributed by atoms with E-state index in [2.05, 4.69) is 0 Å². The van der Waals surface area contributed by atoms with Gasteiger partial charge in [0.15, 0.2) is 0 Å². The van der Waals surface area contributed by atoms with E-state index in [1.807, 2.05) is 6.92 Å². The average molecular weight is 276 g/mol. The SMILES string of the molecule is CCN(Cc1ccco1)C(=O)c1cc(N)c(C)c(F)c1. The number of furan rings is 1. The van der Waals surface area contributed by atoms with Crippen LogP contribution in [0.4, 0.5) is 10.1 Å². The van der Waals surface area contributed by atoms with Crippen molar-refractivity contribution in [2.24, 2.45) is 0 Å². The lowest BCUT2D eigenvalue weighted by Crippen LogP contribution is -2.30. The van der Waals surface area contributed by atoms with Gasteiger partial charge in [0, 0.05) is 23.4 Å². The lowest BCUT2D eigenvalue weighted by Gasteiger charge is -2.20. The quantitative estimate of drug-likeness (QED) is 0.873. The maximum atomic E-state index is 13.7. The summed E-state index contributed by atoms with van der Waals surface area (Å²) < 4.78 is 18.9. The molecule has 1 heterocycles. The highest BCUT2D eigenvalue weighted by atomic mass is 19.1. The molecule has 1 amide bonds. The molecule has 5 heteroatoms. The van der Waals surface area contributed by atoms with Gasteiger partial charge in [0.25, 0.3) is 5.91 Å². The summed E-state index contributed by atoms with van der Waals surface area (Å²) in [6.07, 6.45) is 1.55. The number of nitrogens with zero attached hydrogens (tertiary/aromatic N) is 1. The summed E-state index contributed by atoms with van der Waals surface area (Å²) in [4.78, 5) is 14.0. The van der Waals surface area contributed by atoms with Gasteiger partial charge in [-0.25, -0.2) is 4.39 Å². The second-order valence-electron chi connectivity index (χ2n) is 4.57. The number of rotatable bonds is 4. The van der Waals surface area contributed by atoms with Gasteiger partial charge in [-0.05, 0) is 38.1 Å². The fourth-order valence-electron chi connectivity index (χ4n) is 1.92. The van der Waals surface area contributed by atoms with Crippen LogP contribution in [0.5, 0.6) is 0 Å². The molecule has 4 nitrogen and oxygen atoms in total. The van der Waals surface area contributed by atoms with Gasteiger partial charge in [-0.1, -0.05) is 0 Å². The van der Waals surface area contributed by atoms with Gasteiger partial charge in [0.1, 0.15) is 11.6 Å². The highest BCUT2D eigenvalue weighted by Crippen LogP contribution is 2.19. The summed E-state index contributed by atoms with van der Waals surface area (Å²) in [7, 11) is 0. The molecular weight excluding hydrogens is 259 g/mol. The molecule has 0 bridgehead atoms. The Hall–Kier alpha value is -2.30. The van der Waals surface area contributed by atoms with Crippen LogP contribution in [0.1, 0.15) is 28.6 Å². The fourth-order valence-corrected chi connectivity index (χ4v) is 1.92. The Balaban J connectivity index is 2.24. The minimum absolute atomic E-state index is 0.249. The summed E-state index contributed by atoms with van der Waals surface area (Å²) in [5.74, 6) is -0.0577. The first-order valence-electron chi connectivity index (χ1n) is 6.40. The molecule has 0 atom stereocenters. The standard InChI is InChI=1S/C15H17FN2O2/c1-3-18(9-12-5-4-6-20-12)15(19)11-7-13(16)10(2)14(17)8-11/h4-8H,3,9,17H2,1-2H3. The predicted molar refractivity (Wildman–Crippen MR) is 74.7 cm³/mol. The number of nitrogens with two attached hydrogens (primary N) is 1. The van der Waals surface area contributed by atoms with Crippen LogP contribution in [0.3, 0.4) is 0 Å². The largest absolute Gasteiger partial charge is 0.467 e. The smallest absolute Gasteiger partial charge is 0.254 e. The van der Waals surface area contributed by atoms with E-state index in [-0.39, 0.29) is 17.2 Å². The van der Waals surface area contributed by atoms with Gasteiger partial charge in [0.2, 0.25) is 0 Å². The maximum absolute atomic E-state index is 13.7. The summed E-state index contributed by atoms with van der Waals surface area (Å²) in [6.45, 7) is 4.28. The number of amides is 1. The fraction of sp³-hybridized carbons (Fsp3) is 0.267. The number of anilines is 1. The van der Waals surface area contributed by atoms with Crippen molar-refractivity contribution in [1.29, 1.82) is 0 Å². The van der Waals surface area contributed by atoms with E-state index >= 15 is 0 Å². The second-order valence-corrected chi connectivity index (χ2v) is 4.57. The topological polar surface area (TPSA) is 59.5 Å². The molecule has 2 N–H and O–H groups in total. The number of carbonyl (C=O) groups is 1. The molecule has 106 valence electrons. The second kappa shape index (κ2) is 5.77. The van der Waals surface area contributed by atoms with Gasteiger partial charge in [-0.15, -0.1) is 0 Å². The number of benzene rings is 1. The molecule has 2 rings (SSSR count). The number of halogens is 1. The normalized spacial score (nSPS) is 10.6. The van der Waals surface area contributed by atoms with Crippen molar-refractivity contribution in [2.45, 2.75) is 20.4 Å². The third kappa shape index (κ3) is 2.82. The monoisotopic (exact) mass is 276 g/mol. The maximum Gasteiger partial charge on any atom is 0.254 e. The van der Waals surface area contributed by atoms with E-state index in [4.69, 9.17) is 10.2 Å². The van der Waals surface area contributed by atoms with E-state index in [0.717, 1.165) is 0 Å². The van der Waals surface area contributed by atoms with Crippen LogP contribution < -0.4 is 5.73 Å². The molecule has 0 saturated carbocycles. The molecular formula is C15H17FN2O2. The average Bonchev–Trinajstić information content (AvgIpc) is 2.93. The van der Waals surface area contributed by atoms with Crippen LogP contribution in [-0.4, -0.2) is 17.4 Å². The van der Waals surface area contributed by atoms with E-state index < -0.39 is 5.82 Å². The molecule has 2 aromatic rings. The Morgan fingerprint density at radius 2 is 2.20 bits per heavy atom. The zero-order valence-corrected chi connectivity index (χ0v) is 11.5.